The molecule has 0 saturated heterocycles. The average Bonchev–Trinajstić information content (AvgIpc) is 2.18. The Morgan fingerprint density at radius 2 is 2.20 bits per heavy atom. The first-order chi connectivity index (χ1) is 7.16. The van der Waals surface area contributed by atoms with Crippen molar-refractivity contribution in [2.75, 3.05) is 5.32 Å². The molecule has 78 valence electrons. The highest BCUT2D eigenvalue weighted by atomic mass is 32.2. The lowest BCUT2D eigenvalue weighted by atomic mass is 10.2. The van der Waals surface area contributed by atoms with Gasteiger partial charge in [-0.05, 0) is 12.1 Å². The lowest BCUT2D eigenvalue weighted by Crippen LogP contribution is -2.30. The van der Waals surface area contributed by atoms with E-state index in [1.807, 2.05) is 18.2 Å². The summed E-state index contributed by atoms with van der Waals surface area (Å²) in [6.07, 6.45) is -0.148. The first-order valence-corrected chi connectivity index (χ1v) is 5.33. The number of amides is 1. The molecule has 2 N–H and O–H groups in total. The first-order valence-electron chi connectivity index (χ1n) is 4.45. The van der Waals surface area contributed by atoms with E-state index in [0.717, 1.165) is 10.6 Å². The van der Waals surface area contributed by atoms with Crippen molar-refractivity contribution in [2.24, 2.45) is 0 Å². The van der Waals surface area contributed by atoms with Gasteiger partial charge in [0.05, 0.1) is 17.4 Å². The highest BCUT2D eigenvalue weighted by Gasteiger charge is 2.28. The Balaban J connectivity index is 2.22. The van der Waals surface area contributed by atoms with E-state index in [1.165, 1.54) is 11.8 Å². The molecule has 0 unspecified atom stereocenters. The van der Waals surface area contributed by atoms with E-state index < -0.39 is 11.2 Å². The van der Waals surface area contributed by atoms with E-state index >= 15 is 0 Å². The number of carboxylic acids is 1. The molecule has 0 radical (unpaired) electrons. The van der Waals surface area contributed by atoms with Gasteiger partial charge in [-0.1, -0.05) is 12.1 Å². The molecule has 1 heterocycles. The third-order valence-corrected chi connectivity index (χ3v) is 3.34. The number of thioether (sulfide) groups is 1. The Morgan fingerprint density at radius 1 is 1.47 bits per heavy atom. The molecular weight excluding hydrogens is 214 g/mol. The molecule has 1 aliphatic rings. The predicted octanol–water partition coefficient (Wildman–Crippen LogP) is 1.57. The fourth-order valence-corrected chi connectivity index (χ4v) is 2.49. The summed E-state index contributed by atoms with van der Waals surface area (Å²) in [5.41, 5.74) is 0.758. The zero-order valence-corrected chi connectivity index (χ0v) is 8.58. The number of anilines is 1. The number of para-hydroxylation sites is 1. The van der Waals surface area contributed by atoms with Crippen molar-refractivity contribution in [3.8, 4) is 0 Å². The van der Waals surface area contributed by atoms with Gasteiger partial charge in [0.25, 0.3) is 0 Å². The summed E-state index contributed by atoms with van der Waals surface area (Å²) in [7, 11) is 0. The highest BCUT2D eigenvalue weighted by molar-refractivity contribution is 8.01. The van der Waals surface area contributed by atoms with Gasteiger partial charge in [0.1, 0.15) is 0 Å². The van der Waals surface area contributed by atoms with Gasteiger partial charge in [0.2, 0.25) is 5.91 Å². The number of nitrogens with one attached hydrogen (secondary N) is 1. The number of carbonyl (C=O) groups is 2. The molecule has 0 bridgehead atoms. The van der Waals surface area contributed by atoms with Crippen LogP contribution in [0.5, 0.6) is 0 Å². The van der Waals surface area contributed by atoms with Crippen LogP contribution in [0.2, 0.25) is 0 Å². The Kier molecular flexibility index (Phi) is 2.64. The molecule has 1 aromatic carbocycles. The molecule has 0 aliphatic carbocycles. The smallest absolute Gasteiger partial charge is 0.305 e. The van der Waals surface area contributed by atoms with Gasteiger partial charge >= 0.3 is 5.97 Å². The molecule has 0 fully saturated rings. The summed E-state index contributed by atoms with van der Waals surface area (Å²) >= 11 is 1.30. The lowest BCUT2D eigenvalue weighted by Gasteiger charge is -2.22. The van der Waals surface area contributed by atoms with Crippen LogP contribution >= 0.6 is 11.8 Å². The number of carbonyl (C=O) groups excluding carboxylic acids is 1. The molecule has 1 aliphatic heterocycles. The van der Waals surface area contributed by atoms with Crippen LogP contribution in [-0.4, -0.2) is 22.2 Å². The van der Waals surface area contributed by atoms with Crippen LogP contribution in [-0.2, 0) is 9.59 Å². The van der Waals surface area contributed by atoms with E-state index in [-0.39, 0.29) is 12.3 Å². The van der Waals surface area contributed by atoms with E-state index in [0.29, 0.717) is 0 Å². The summed E-state index contributed by atoms with van der Waals surface area (Å²) in [5.74, 6) is -1.19. The summed E-state index contributed by atoms with van der Waals surface area (Å²) in [4.78, 5) is 22.9. The Morgan fingerprint density at radius 3 is 2.93 bits per heavy atom. The van der Waals surface area contributed by atoms with Crippen LogP contribution < -0.4 is 5.32 Å². The van der Waals surface area contributed by atoms with Crippen molar-refractivity contribution in [1.82, 2.24) is 0 Å². The maximum atomic E-state index is 11.5. The van der Waals surface area contributed by atoms with Crippen molar-refractivity contribution >= 4 is 29.3 Å². The van der Waals surface area contributed by atoms with Crippen LogP contribution in [0, 0.1) is 0 Å². The van der Waals surface area contributed by atoms with E-state index in [2.05, 4.69) is 5.32 Å². The summed E-state index contributed by atoms with van der Waals surface area (Å²) in [6.45, 7) is 0. The van der Waals surface area contributed by atoms with E-state index in [4.69, 9.17) is 5.11 Å². The van der Waals surface area contributed by atoms with Gasteiger partial charge < -0.3 is 10.4 Å². The van der Waals surface area contributed by atoms with Crippen LogP contribution in [0.15, 0.2) is 29.2 Å². The maximum absolute atomic E-state index is 11.5. The molecular formula is C10H9NO3S. The van der Waals surface area contributed by atoms with Gasteiger partial charge in [-0.25, -0.2) is 0 Å². The number of benzene rings is 1. The zero-order valence-electron chi connectivity index (χ0n) is 7.77. The Bertz CT molecular complexity index is 419. The number of hydrogen-bond donors (Lipinski definition) is 2. The number of hydrogen-bond acceptors (Lipinski definition) is 3. The Labute approximate surface area is 90.7 Å². The molecule has 1 atom stereocenters. The lowest BCUT2D eigenvalue weighted by molar-refractivity contribution is -0.138. The third-order valence-electron chi connectivity index (χ3n) is 2.07. The number of fused-ring (bicyclic) bond motifs is 1. The summed E-state index contributed by atoms with van der Waals surface area (Å²) in [6, 6.07) is 7.36. The van der Waals surface area contributed by atoms with Crippen molar-refractivity contribution < 1.29 is 14.7 Å². The van der Waals surface area contributed by atoms with Crippen molar-refractivity contribution in [3.05, 3.63) is 24.3 Å². The van der Waals surface area contributed by atoms with E-state index in [1.54, 1.807) is 6.07 Å². The maximum Gasteiger partial charge on any atom is 0.305 e. The molecule has 2 rings (SSSR count). The minimum Gasteiger partial charge on any atom is -0.481 e. The minimum absolute atomic E-state index is 0.148. The number of rotatable bonds is 2. The molecule has 4 nitrogen and oxygen atoms in total. The SMILES string of the molecule is O=C(O)C[C@H]1Sc2ccccc2NC1=O. The van der Waals surface area contributed by atoms with Crippen molar-refractivity contribution in [2.45, 2.75) is 16.6 Å². The van der Waals surface area contributed by atoms with Crippen LogP contribution in [0.4, 0.5) is 5.69 Å². The average molecular weight is 223 g/mol. The molecule has 1 amide bonds. The van der Waals surface area contributed by atoms with Crippen molar-refractivity contribution in [1.29, 1.82) is 0 Å². The Hall–Kier alpha value is -1.49. The highest BCUT2D eigenvalue weighted by Crippen LogP contribution is 2.36. The van der Waals surface area contributed by atoms with Gasteiger partial charge in [-0.3, -0.25) is 9.59 Å². The molecule has 0 saturated carbocycles. The monoisotopic (exact) mass is 223 g/mol. The fourth-order valence-electron chi connectivity index (χ4n) is 1.39. The quantitative estimate of drug-likeness (QED) is 0.798. The second-order valence-electron chi connectivity index (χ2n) is 3.19. The van der Waals surface area contributed by atoms with E-state index in [9.17, 15) is 9.59 Å². The largest absolute Gasteiger partial charge is 0.481 e. The first kappa shape index (κ1) is 10.0. The third kappa shape index (κ3) is 2.12. The molecule has 15 heavy (non-hydrogen) atoms. The number of carboxylic acid groups (broad SMARTS) is 1. The minimum atomic E-state index is -0.956. The van der Waals surface area contributed by atoms with Gasteiger partial charge in [0, 0.05) is 4.90 Å². The molecule has 5 heteroatoms. The predicted molar refractivity (Wildman–Crippen MR) is 57.0 cm³/mol. The second-order valence-corrected chi connectivity index (χ2v) is 4.43. The van der Waals surface area contributed by atoms with Gasteiger partial charge in [0.15, 0.2) is 0 Å². The zero-order chi connectivity index (χ0) is 10.8. The summed E-state index contributed by atoms with van der Waals surface area (Å²) < 4.78 is 0. The topological polar surface area (TPSA) is 66.4 Å². The standard InChI is InChI=1S/C10H9NO3S/c12-9(13)5-8-10(14)11-6-3-1-2-4-7(6)15-8/h1-4,8H,5H2,(H,11,14)(H,12,13)/t8-/m1/s1. The van der Waals surface area contributed by atoms with Gasteiger partial charge in [-0.15, -0.1) is 11.8 Å². The van der Waals surface area contributed by atoms with Crippen LogP contribution in [0.1, 0.15) is 6.42 Å². The number of aliphatic carboxylic acids is 1. The molecule has 0 spiro atoms. The molecule has 1 aromatic rings. The van der Waals surface area contributed by atoms with Crippen LogP contribution in [0.3, 0.4) is 0 Å². The fraction of sp³-hybridized carbons (Fsp3) is 0.200. The van der Waals surface area contributed by atoms with Crippen LogP contribution in [0.25, 0.3) is 0 Å². The summed E-state index contributed by atoms with van der Waals surface area (Å²) in [5, 5.41) is 10.8. The second kappa shape index (κ2) is 3.94. The normalized spacial score (nSPS) is 19.2. The van der Waals surface area contributed by atoms with Crippen molar-refractivity contribution in [3.63, 3.8) is 0 Å². The van der Waals surface area contributed by atoms with Gasteiger partial charge in [-0.2, -0.15) is 0 Å². The molecule has 0 aromatic heterocycles.